The van der Waals surface area contributed by atoms with Gasteiger partial charge in [-0.2, -0.15) is 0 Å². The number of rotatable bonds is 3. The van der Waals surface area contributed by atoms with Crippen LogP contribution in [0.1, 0.15) is 53.4 Å². The Bertz CT molecular complexity index is 327. The summed E-state index contributed by atoms with van der Waals surface area (Å²) in [5, 5.41) is 0. The zero-order valence-electron chi connectivity index (χ0n) is 12.7. The van der Waals surface area contributed by atoms with Crippen LogP contribution in [0.3, 0.4) is 0 Å². The van der Waals surface area contributed by atoms with Crippen molar-refractivity contribution in [2.45, 2.75) is 53.4 Å². The summed E-state index contributed by atoms with van der Waals surface area (Å²) in [5.41, 5.74) is 0.471. The fourth-order valence-corrected chi connectivity index (χ4v) is 4.28. The zero-order chi connectivity index (χ0) is 13.3. The lowest BCUT2D eigenvalue weighted by atomic mass is 9.65. The Kier molecular flexibility index (Phi) is 4.04. The van der Waals surface area contributed by atoms with Gasteiger partial charge in [-0.05, 0) is 60.7 Å². The smallest absolute Gasteiger partial charge is 0.0113 e. The molecular weight excluding hydrogens is 216 g/mol. The summed E-state index contributed by atoms with van der Waals surface area (Å²) in [7, 11) is 0. The number of allylic oxidation sites excluding steroid dienone is 3. The average Bonchev–Trinajstić information content (AvgIpc) is 2.70. The second-order valence-electron chi connectivity index (χ2n) is 7.38. The Balaban J connectivity index is 2.10. The first kappa shape index (κ1) is 13.9. The predicted molar refractivity (Wildman–Crippen MR) is 80.4 cm³/mol. The molecule has 0 heteroatoms. The Morgan fingerprint density at radius 1 is 1.39 bits per heavy atom. The minimum absolute atomic E-state index is 0.471. The van der Waals surface area contributed by atoms with E-state index < -0.39 is 0 Å². The van der Waals surface area contributed by atoms with Gasteiger partial charge in [-0.25, -0.2) is 0 Å². The van der Waals surface area contributed by atoms with Crippen molar-refractivity contribution in [2.24, 2.45) is 35.0 Å². The van der Waals surface area contributed by atoms with Crippen molar-refractivity contribution in [1.82, 2.24) is 0 Å². The Morgan fingerprint density at radius 2 is 2.11 bits per heavy atom. The van der Waals surface area contributed by atoms with E-state index in [1.54, 1.807) is 0 Å². The van der Waals surface area contributed by atoms with Crippen LogP contribution in [0.15, 0.2) is 24.8 Å². The first-order valence-corrected chi connectivity index (χ1v) is 7.76. The van der Waals surface area contributed by atoms with Gasteiger partial charge in [-0.15, -0.1) is 6.58 Å². The van der Waals surface area contributed by atoms with Crippen molar-refractivity contribution in [3.05, 3.63) is 24.8 Å². The van der Waals surface area contributed by atoms with E-state index in [9.17, 15) is 0 Å². The molecule has 18 heavy (non-hydrogen) atoms. The maximum Gasteiger partial charge on any atom is -0.0113 e. The van der Waals surface area contributed by atoms with Crippen LogP contribution in [0.4, 0.5) is 0 Å². The van der Waals surface area contributed by atoms with Crippen LogP contribution >= 0.6 is 0 Å². The largest absolute Gasteiger partial charge is 0.103 e. The van der Waals surface area contributed by atoms with Crippen molar-refractivity contribution < 1.29 is 0 Å². The highest BCUT2D eigenvalue weighted by Crippen LogP contribution is 2.50. The van der Waals surface area contributed by atoms with E-state index in [0.29, 0.717) is 11.3 Å². The van der Waals surface area contributed by atoms with Crippen LogP contribution in [-0.2, 0) is 0 Å². The highest BCUT2D eigenvalue weighted by molar-refractivity contribution is 5.12. The minimum atomic E-state index is 0.471. The van der Waals surface area contributed by atoms with E-state index >= 15 is 0 Å². The molecule has 1 saturated carbocycles. The maximum absolute atomic E-state index is 3.95. The molecule has 102 valence electrons. The molecule has 2 bridgehead atoms. The molecule has 0 amide bonds. The minimum Gasteiger partial charge on any atom is -0.103 e. The highest BCUT2D eigenvalue weighted by atomic mass is 14.5. The van der Waals surface area contributed by atoms with Gasteiger partial charge in [-0.3, -0.25) is 0 Å². The summed E-state index contributed by atoms with van der Waals surface area (Å²) >= 11 is 0. The van der Waals surface area contributed by atoms with Gasteiger partial charge in [0.25, 0.3) is 0 Å². The quantitative estimate of drug-likeness (QED) is 0.580. The molecule has 0 aliphatic heterocycles. The predicted octanol–water partition coefficient (Wildman–Crippen LogP) is 5.46. The molecule has 2 aliphatic carbocycles. The van der Waals surface area contributed by atoms with Crippen molar-refractivity contribution in [2.75, 3.05) is 0 Å². The van der Waals surface area contributed by atoms with E-state index in [1.807, 2.05) is 0 Å². The third-order valence-electron chi connectivity index (χ3n) is 5.79. The van der Waals surface area contributed by atoms with Crippen LogP contribution in [0, 0.1) is 35.0 Å². The van der Waals surface area contributed by atoms with Gasteiger partial charge < -0.3 is 0 Å². The molecule has 6 atom stereocenters. The molecule has 2 rings (SSSR count). The Morgan fingerprint density at radius 3 is 2.78 bits per heavy atom. The SMILES string of the molecule is C=CC(C)CC1CC2C=CC(C)(C2)C(C)C(C)C1. The van der Waals surface area contributed by atoms with Gasteiger partial charge in [-0.1, -0.05) is 45.9 Å². The lowest BCUT2D eigenvalue weighted by Gasteiger charge is -2.40. The molecule has 0 saturated heterocycles. The number of hydrogen-bond acceptors (Lipinski definition) is 0. The summed E-state index contributed by atoms with van der Waals surface area (Å²) in [6, 6.07) is 0. The molecule has 6 unspecified atom stereocenters. The van der Waals surface area contributed by atoms with E-state index in [1.165, 1.54) is 25.7 Å². The van der Waals surface area contributed by atoms with Crippen LogP contribution in [0.25, 0.3) is 0 Å². The number of hydrogen-bond donors (Lipinski definition) is 0. The summed E-state index contributed by atoms with van der Waals surface area (Å²) < 4.78 is 0. The van der Waals surface area contributed by atoms with Crippen LogP contribution in [-0.4, -0.2) is 0 Å². The molecule has 0 radical (unpaired) electrons. The lowest BCUT2D eigenvalue weighted by molar-refractivity contribution is 0.122. The standard InChI is InChI=1S/C18H30/c1-6-13(2)9-17-10-14(3)15(4)18(5)8-7-16(11-17)12-18/h6-8,13-17H,1,9-12H2,2-5H3. The molecule has 1 fully saturated rings. The molecule has 0 aromatic heterocycles. The van der Waals surface area contributed by atoms with Crippen LogP contribution in [0.5, 0.6) is 0 Å². The van der Waals surface area contributed by atoms with Crippen molar-refractivity contribution in [3.8, 4) is 0 Å². The first-order valence-electron chi connectivity index (χ1n) is 7.76. The molecule has 2 aliphatic rings. The maximum atomic E-state index is 3.95. The Hall–Kier alpha value is -0.520. The van der Waals surface area contributed by atoms with Crippen LogP contribution in [0.2, 0.25) is 0 Å². The van der Waals surface area contributed by atoms with Gasteiger partial charge in [0.05, 0.1) is 0 Å². The monoisotopic (exact) mass is 246 g/mol. The van der Waals surface area contributed by atoms with Crippen molar-refractivity contribution >= 4 is 0 Å². The molecule has 0 nitrogen and oxygen atoms in total. The average molecular weight is 246 g/mol. The molecule has 0 spiro atoms. The van der Waals surface area contributed by atoms with Gasteiger partial charge >= 0.3 is 0 Å². The van der Waals surface area contributed by atoms with E-state index in [2.05, 4.69) is 52.5 Å². The fraction of sp³-hybridized carbons (Fsp3) is 0.778. The second-order valence-corrected chi connectivity index (χ2v) is 7.38. The van der Waals surface area contributed by atoms with E-state index in [-0.39, 0.29) is 0 Å². The lowest BCUT2D eigenvalue weighted by Crippen LogP contribution is -2.31. The third kappa shape index (κ3) is 2.73. The molecule has 0 N–H and O–H groups in total. The normalized spacial score (nSPS) is 45.3. The molecule has 0 heterocycles. The molecule has 0 aromatic carbocycles. The molecule has 0 aromatic rings. The van der Waals surface area contributed by atoms with Gasteiger partial charge in [0.15, 0.2) is 0 Å². The fourth-order valence-electron chi connectivity index (χ4n) is 4.28. The van der Waals surface area contributed by atoms with Crippen molar-refractivity contribution in [1.29, 1.82) is 0 Å². The topological polar surface area (TPSA) is 0 Å². The number of fused-ring (bicyclic) bond motifs is 2. The van der Waals surface area contributed by atoms with Gasteiger partial charge in [0, 0.05) is 0 Å². The van der Waals surface area contributed by atoms with Gasteiger partial charge in [0.1, 0.15) is 0 Å². The van der Waals surface area contributed by atoms with Crippen LogP contribution < -0.4 is 0 Å². The van der Waals surface area contributed by atoms with E-state index in [0.717, 1.165) is 23.7 Å². The summed E-state index contributed by atoms with van der Waals surface area (Å²) in [6.45, 7) is 13.7. The molecular formula is C18H30. The zero-order valence-corrected chi connectivity index (χ0v) is 12.7. The first-order chi connectivity index (χ1) is 8.44. The second kappa shape index (κ2) is 5.23. The summed E-state index contributed by atoms with van der Waals surface area (Å²) in [5.74, 6) is 4.08. The summed E-state index contributed by atoms with van der Waals surface area (Å²) in [4.78, 5) is 0. The highest BCUT2D eigenvalue weighted by Gasteiger charge is 2.40. The van der Waals surface area contributed by atoms with Gasteiger partial charge in [0.2, 0.25) is 0 Å². The third-order valence-corrected chi connectivity index (χ3v) is 5.79. The van der Waals surface area contributed by atoms with Crippen molar-refractivity contribution in [3.63, 3.8) is 0 Å². The van der Waals surface area contributed by atoms with E-state index in [4.69, 9.17) is 0 Å². The summed E-state index contributed by atoms with van der Waals surface area (Å²) in [6.07, 6.45) is 12.7. The Labute approximate surface area is 114 Å².